The Bertz CT molecular complexity index is 601. The molecule has 4 unspecified atom stereocenters. The van der Waals surface area contributed by atoms with Crippen LogP contribution in [0.25, 0.3) is 0 Å². The van der Waals surface area contributed by atoms with Crippen molar-refractivity contribution >= 4 is 40.7 Å². The summed E-state index contributed by atoms with van der Waals surface area (Å²) in [5.41, 5.74) is 1.21. The van der Waals surface area contributed by atoms with Gasteiger partial charge in [0, 0.05) is 48.0 Å². The smallest absolute Gasteiger partial charge is 0.191 e. The molecule has 1 aliphatic carbocycles. The van der Waals surface area contributed by atoms with E-state index in [1.165, 1.54) is 5.56 Å². The molecule has 2 N–H and O–H groups in total. The predicted molar refractivity (Wildman–Crippen MR) is 130 cm³/mol. The average molecular weight is 522 g/mol. The summed E-state index contributed by atoms with van der Waals surface area (Å²) in [6.45, 7) is 5.62. The van der Waals surface area contributed by atoms with Crippen molar-refractivity contribution in [2.45, 2.75) is 63.3 Å². The molecular weight excluding hydrogens is 485 g/mol. The third-order valence-electron chi connectivity index (χ3n) is 5.10. The number of aliphatic imine (C=N–C) groups is 1. The lowest BCUT2D eigenvalue weighted by Crippen LogP contribution is -2.46. The maximum atomic E-state index is 12.1. The van der Waals surface area contributed by atoms with Crippen molar-refractivity contribution < 1.29 is 8.95 Å². The minimum absolute atomic E-state index is 0. The number of rotatable bonds is 9. The Hall–Kier alpha value is -0.670. The number of halogens is 1. The summed E-state index contributed by atoms with van der Waals surface area (Å²) in [5.74, 6) is 1.59. The van der Waals surface area contributed by atoms with Crippen LogP contribution in [0.1, 0.15) is 57.6 Å². The van der Waals surface area contributed by atoms with Gasteiger partial charge in [-0.15, -0.1) is 24.0 Å². The van der Waals surface area contributed by atoms with Crippen LogP contribution in [-0.4, -0.2) is 47.4 Å². The number of hydrogen-bond acceptors (Lipinski definition) is 3. The molecule has 0 bridgehead atoms. The van der Waals surface area contributed by atoms with Crippen LogP contribution in [0.4, 0.5) is 0 Å². The first kappa shape index (κ1) is 25.4. The molecule has 1 aromatic rings. The number of guanidine groups is 1. The molecule has 0 heterocycles. The third-order valence-corrected chi connectivity index (χ3v) is 6.84. The Morgan fingerprint density at radius 3 is 2.75 bits per heavy atom. The highest BCUT2D eigenvalue weighted by Crippen LogP contribution is 2.23. The highest BCUT2D eigenvalue weighted by Gasteiger charge is 2.25. The van der Waals surface area contributed by atoms with Gasteiger partial charge < -0.3 is 15.4 Å². The van der Waals surface area contributed by atoms with Gasteiger partial charge in [0.05, 0.1) is 6.10 Å². The van der Waals surface area contributed by atoms with Gasteiger partial charge >= 0.3 is 0 Å². The number of nitrogens with one attached hydrogen (secondary N) is 2. The second-order valence-corrected chi connectivity index (χ2v) is 9.08. The van der Waals surface area contributed by atoms with E-state index in [0.717, 1.165) is 50.4 Å². The first-order valence-electron chi connectivity index (χ1n) is 10.1. The van der Waals surface area contributed by atoms with E-state index in [-0.39, 0.29) is 30.1 Å². The zero-order chi connectivity index (χ0) is 19.5. The van der Waals surface area contributed by atoms with Crippen molar-refractivity contribution in [3.05, 3.63) is 35.9 Å². The van der Waals surface area contributed by atoms with Crippen LogP contribution in [0.5, 0.6) is 0 Å². The van der Waals surface area contributed by atoms with Crippen LogP contribution in [0.15, 0.2) is 35.3 Å². The second kappa shape index (κ2) is 14.3. The summed E-state index contributed by atoms with van der Waals surface area (Å²) in [6, 6.07) is 10.7. The molecule has 0 amide bonds. The van der Waals surface area contributed by atoms with Gasteiger partial charge in [0.2, 0.25) is 0 Å². The van der Waals surface area contributed by atoms with Crippen molar-refractivity contribution in [2.75, 3.05) is 26.0 Å². The van der Waals surface area contributed by atoms with Gasteiger partial charge in [0.25, 0.3) is 0 Å². The van der Waals surface area contributed by atoms with E-state index in [4.69, 9.17) is 4.74 Å². The molecule has 0 saturated heterocycles. The first-order valence-corrected chi connectivity index (χ1v) is 11.5. The quantitative estimate of drug-likeness (QED) is 0.223. The molecule has 1 saturated carbocycles. The predicted octanol–water partition coefficient (Wildman–Crippen LogP) is 4.02. The van der Waals surface area contributed by atoms with Gasteiger partial charge in [0.15, 0.2) is 5.96 Å². The molecule has 0 aliphatic heterocycles. The van der Waals surface area contributed by atoms with Gasteiger partial charge in [-0.3, -0.25) is 9.20 Å². The monoisotopic (exact) mass is 521 g/mol. The highest BCUT2D eigenvalue weighted by atomic mass is 127. The Morgan fingerprint density at radius 1 is 1.32 bits per heavy atom. The summed E-state index contributed by atoms with van der Waals surface area (Å²) in [4.78, 5) is 4.33. The standard InChI is InChI=1S/C21H35N3O2S.HI/c1-4-27(25)20-13-8-12-19(16-20)24-21(22-3)23-14-9-15-26-17(2)18-10-6-5-7-11-18;/h5-7,10-11,17,19-20H,4,8-9,12-16H2,1-3H3,(H2,22,23,24);1H. The molecule has 1 aliphatic rings. The van der Waals surface area contributed by atoms with Gasteiger partial charge in [-0.2, -0.15) is 0 Å². The lowest BCUT2D eigenvalue weighted by atomic mass is 9.95. The molecule has 1 aromatic carbocycles. The zero-order valence-corrected chi connectivity index (χ0v) is 20.5. The van der Waals surface area contributed by atoms with Crippen molar-refractivity contribution in [1.29, 1.82) is 0 Å². The Kier molecular flexibility index (Phi) is 13.0. The Labute approximate surface area is 190 Å². The van der Waals surface area contributed by atoms with E-state index in [1.807, 2.05) is 25.1 Å². The minimum Gasteiger partial charge on any atom is -0.374 e. The maximum Gasteiger partial charge on any atom is 0.191 e. The number of hydrogen-bond donors (Lipinski definition) is 2. The topological polar surface area (TPSA) is 62.7 Å². The van der Waals surface area contributed by atoms with Crippen molar-refractivity contribution in [1.82, 2.24) is 10.6 Å². The molecule has 2 rings (SSSR count). The van der Waals surface area contributed by atoms with E-state index in [0.29, 0.717) is 17.9 Å². The molecule has 0 radical (unpaired) electrons. The Balaban J connectivity index is 0.00000392. The summed E-state index contributed by atoms with van der Waals surface area (Å²) in [5, 5.41) is 7.20. The van der Waals surface area contributed by atoms with Crippen molar-refractivity contribution in [3.8, 4) is 0 Å². The molecular formula is C21H36IN3O2S. The molecule has 160 valence electrons. The van der Waals surface area contributed by atoms with E-state index in [1.54, 1.807) is 7.05 Å². The average Bonchev–Trinajstić information content (AvgIpc) is 2.72. The molecule has 7 heteroatoms. The van der Waals surface area contributed by atoms with Crippen molar-refractivity contribution in [2.24, 2.45) is 4.99 Å². The fourth-order valence-electron chi connectivity index (χ4n) is 3.50. The number of nitrogens with zero attached hydrogens (tertiary/aromatic N) is 1. The van der Waals surface area contributed by atoms with Crippen LogP contribution < -0.4 is 10.6 Å². The van der Waals surface area contributed by atoms with E-state index < -0.39 is 10.8 Å². The molecule has 0 spiro atoms. The van der Waals surface area contributed by atoms with Gasteiger partial charge in [0.1, 0.15) is 0 Å². The van der Waals surface area contributed by atoms with Crippen molar-refractivity contribution in [3.63, 3.8) is 0 Å². The van der Waals surface area contributed by atoms with Crippen LogP contribution in [0.3, 0.4) is 0 Å². The lowest BCUT2D eigenvalue weighted by Gasteiger charge is -2.30. The second-order valence-electron chi connectivity index (χ2n) is 7.08. The zero-order valence-electron chi connectivity index (χ0n) is 17.4. The fraction of sp³-hybridized carbons (Fsp3) is 0.667. The fourth-order valence-corrected chi connectivity index (χ4v) is 4.85. The SMILES string of the molecule is CCS(=O)C1CCCC(NC(=NC)NCCCOC(C)c2ccccc2)C1.I. The molecule has 5 nitrogen and oxygen atoms in total. The summed E-state index contributed by atoms with van der Waals surface area (Å²) >= 11 is 0. The summed E-state index contributed by atoms with van der Waals surface area (Å²) in [6.07, 6.45) is 5.35. The first-order chi connectivity index (χ1) is 13.1. The van der Waals surface area contributed by atoms with Gasteiger partial charge in [-0.1, -0.05) is 43.7 Å². The molecule has 0 aromatic heterocycles. The lowest BCUT2D eigenvalue weighted by molar-refractivity contribution is 0.0646. The van der Waals surface area contributed by atoms with E-state index in [9.17, 15) is 4.21 Å². The van der Waals surface area contributed by atoms with Crippen LogP contribution >= 0.6 is 24.0 Å². The summed E-state index contributed by atoms with van der Waals surface area (Å²) in [7, 11) is 1.10. The highest BCUT2D eigenvalue weighted by molar-refractivity contribution is 14.0. The maximum absolute atomic E-state index is 12.1. The van der Waals surface area contributed by atoms with Crippen LogP contribution in [-0.2, 0) is 15.5 Å². The third kappa shape index (κ3) is 8.78. The molecule has 4 atom stereocenters. The largest absolute Gasteiger partial charge is 0.374 e. The van der Waals surface area contributed by atoms with Gasteiger partial charge in [-0.25, -0.2) is 0 Å². The minimum atomic E-state index is -0.696. The summed E-state index contributed by atoms with van der Waals surface area (Å²) < 4.78 is 18.0. The van der Waals surface area contributed by atoms with Gasteiger partial charge in [-0.05, 0) is 38.2 Å². The Morgan fingerprint density at radius 2 is 2.07 bits per heavy atom. The van der Waals surface area contributed by atoms with E-state index >= 15 is 0 Å². The number of benzene rings is 1. The van der Waals surface area contributed by atoms with Crippen LogP contribution in [0, 0.1) is 0 Å². The molecule has 1 fully saturated rings. The molecule has 28 heavy (non-hydrogen) atoms. The number of ether oxygens (including phenoxy) is 1. The van der Waals surface area contributed by atoms with E-state index in [2.05, 4.69) is 34.7 Å². The van der Waals surface area contributed by atoms with Crippen LogP contribution in [0.2, 0.25) is 0 Å². The normalized spacial score (nSPS) is 22.0.